The van der Waals surface area contributed by atoms with E-state index in [1.807, 2.05) is 0 Å². The Kier molecular flexibility index (Phi) is 5.65. The number of hydrogen-bond donors (Lipinski definition) is 1. The van der Waals surface area contributed by atoms with Crippen molar-refractivity contribution in [2.24, 2.45) is 5.41 Å². The van der Waals surface area contributed by atoms with E-state index in [-0.39, 0.29) is 0 Å². The zero-order valence-corrected chi connectivity index (χ0v) is 13.5. The van der Waals surface area contributed by atoms with Gasteiger partial charge in [-0.25, -0.2) is 0 Å². The van der Waals surface area contributed by atoms with Crippen LogP contribution in [0, 0.1) is 12.3 Å². The van der Waals surface area contributed by atoms with Gasteiger partial charge in [-0.2, -0.15) is 0 Å². The third kappa shape index (κ3) is 3.85. The second-order valence-corrected chi connectivity index (χ2v) is 6.85. The Morgan fingerprint density at radius 3 is 2.50 bits per heavy atom. The topological polar surface area (TPSA) is 12.0 Å². The molecule has 1 aliphatic carbocycles. The highest BCUT2D eigenvalue weighted by Gasteiger charge is 2.35. The van der Waals surface area contributed by atoms with Crippen LogP contribution in [0.4, 0.5) is 0 Å². The summed E-state index contributed by atoms with van der Waals surface area (Å²) in [6.07, 6.45) is 9.44. The van der Waals surface area contributed by atoms with E-state index in [1.165, 1.54) is 56.1 Å². The van der Waals surface area contributed by atoms with Crippen molar-refractivity contribution < 1.29 is 0 Å². The van der Waals surface area contributed by atoms with Crippen molar-refractivity contribution in [3.8, 4) is 0 Å². The van der Waals surface area contributed by atoms with Gasteiger partial charge < -0.3 is 5.32 Å². The summed E-state index contributed by atoms with van der Waals surface area (Å²) in [4.78, 5) is 0. The molecular weight excluding hydrogens is 242 g/mol. The highest BCUT2D eigenvalue weighted by atomic mass is 14.9. The van der Waals surface area contributed by atoms with Crippen LogP contribution < -0.4 is 5.32 Å². The second kappa shape index (κ2) is 7.26. The average Bonchev–Trinajstić information content (AvgIpc) is 2.46. The molecule has 0 aliphatic heterocycles. The van der Waals surface area contributed by atoms with Crippen LogP contribution in [-0.4, -0.2) is 12.6 Å². The minimum absolute atomic E-state index is 0.482. The summed E-state index contributed by atoms with van der Waals surface area (Å²) in [5.74, 6) is 0. The SMILES string of the molecule is CCCNC(Cc1ccccc1C)C1(C)CCCCC1. The molecule has 1 nitrogen and oxygen atoms in total. The zero-order chi connectivity index (χ0) is 14.4. The standard InChI is InChI=1S/C19H31N/c1-4-14-20-18(19(3)12-8-5-9-13-19)15-17-11-7-6-10-16(17)2/h6-7,10-11,18,20H,4-5,8-9,12-15H2,1-3H3. The quantitative estimate of drug-likeness (QED) is 0.779. The molecule has 1 fully saturated rings. The molecule has 112 valence electrons. The maximum Gasteiger partial charge on any atom is 0.0161 e. The van der Waals surface area contributed by atoms with Crippen molar-refractivity contribution in [3.05, 3.63) is 35.4 Å². The predicted octanol–water partition coefficient (Wildman–Crippen LogP) is 4.88. The number of aryl methyl sites for hydroxylation is 1. The molecule has 0 bridgehead atoms. The third-order valence-corrected chi connectivity index (χ3v) is 5.16. The number of hydrogen-bond acceptors (Lipinski definition) is 1. The van der Waals surface area contributed by atoms with Crippen molar-refractivity contribution >= 4 is 0 Å². The van der Waals surface area contributed by atoms with Crippen molar-refractivity contribution in [2.75, 3.05) is 6.54 Å². The van der Waals surface area contributed by atoms with Crippen molar-refractivity contribution in [3.63, 3.8) is 0 Å². The molecule has 0 aromatic heterocycles. The number of rotatable bonds is 6. The lowest BCUT2D eigenvalue weighted by Gasteiger charge is -2.42. The molecule has 0 saturated heterocycles. The molecule has 1 saturated carbocycles. The van der Waals surface area contributed by atoms with E-state index in [1.54, 1.807) is 0 Å². The highest BCUT2D eigenvalue weighted by Crippen LogP contribution is 2.40. The second-order valence-electron chi connectivity index (χ2n) is 6.85. The van der Waals surface area contributed by atoms with Crippen LogP contribution in [-0.2, 0) is 6.42 Å². The first kappa shape index (κ1) is 15.6. The smallest absolute Gasteiger partial charge is 0.0161 e. The molecule has 1 aromatic carbocycles. The summed E-state index contributed by atoms with van der Waals surface area (Å²) in [5.41, 5.74) is 3.44. The van der Waals surface area contributed by atoms with E-state index in [2.05, 4.69) is 50.4 Å². The monoisotopic (exact) mass is 273 g/mol. The Labute approximate surface area is 125 Å². The first-order valence-corrected chi connectivity index (χ1v) is 8.43. The fourth-order valence-corrected chi connectivity index (χ4v) is 3.65. The maximum absolute atomic E-state index is 3.86. The Morgan fingerprint density at radius 1 is 1.15 bits per heavy atom. The molecule has 1 aromatic rings. The van der Waals surface area contributed by atoms with E-state index in [0.29, 0.717) is 11.5 Å². The van der Waals surface area contributed by atoms with Gasteiger partial charge in [0, 0.05) is 6.04 Å². The van der Waals surface area contributed by atoms with Crippen LogP contribution in [0.3, 0.4) is 0 Å². The Morgan fingerprint density at radius 2 is 1.85 bits per heavy atom. The van der Waals surface area contributed by atoms with Gasteiger partial charge in [-0.15, -0.1) is 0 Å². The predicted molar refractivity (Wildman–Crippen MR) is 88.2 cm³/mol. The van der Waals surface area contributed by atoms with Crippen molar-refractivity contribution in [2.45, 2.75) is 71.8 Å². The summed E-state index contributed by atoms with van der Waals surface area (Å²) in [6, 6.07) is 9.51. The van der Waals surface area contributed by atoms with Crippen molar-refractivity contribution in [1.82, 2.24) is 5.32 Å². The molecule has 1 aliphatic rings. The molecule has 1 unspecified atom stereocenters. The summed E-state index contributed by atoms with van der Waals surface area (Å²) < 4.78 is 0. The molecule has 0 radical (unpaired) electrons. The van der Waals surface area contributed by atoms with Crippen LogP contribution in [0.5, 0.6) is 0 Å². The number of nitrogens with one attached hydrogen (secondary N) is 1. The lowest BCUT2D eigenvalue weighted by Crippen LogP contribution is -2.46. The summed E-state index contributed by atoms with van der Waals surface area (Å²) in [6.45, 7) is 8.17. The largest absolute Gasteiger partial charge is 0.313 e. The van der Waals surface area contributed by atoms with Crippen LogP contribution >= 0.6 is 0 Å². The minimum Gasteiger partial charge on any atom is -0.313 e. The van der Waals surface area contributed by atoms with Gasteiger partial charge in [0.1, 0.15) is 0 Å². The first-order valence-electron chi connectivity index (χ1n) is 8.43. The van der Waals surface area contributed by atoms with Gasteiger partial charge in [0.25, 0.3) is 0 Å². The van der Waals surface area contributed by atoms with Gasteiger partial charge >= 0.3 is 0 Å². The maximum atomic E-state index is 3.86. The van der Waals surface area contributed by atoms with E-state index < -0.39 is 0 Å². The Hall–Kier alpha value is -0.820. The lowest BCUT2D eigenvalue weighted by atomic mass is 9.69. The highest BCUT2D eigenvalue weighted by molar-refractivity contribution is 5.26. The van der Waals surface area contributed by atoms with Gasteiger partial charge in [0.05, 0.1) is 0 Å². The minimum atomic E-state index is 0.482. The third-order valence-electron chi connectivity index (χ3n) is 5.16. The number of benzene rings is 1. The first-order chi connectivity index (χ1) is 9.65. The Bertz CT molecular complexity index is 404. The molecule has 1 atom stereocenters. The normalized spacial score (nSPS) is 19.8. The fourth-order valence-electron chi connectivity index (χ4n) is 3.65. The van der Waals surface area contributed by atoms with E-state index in [9.17, 15) is 0 Å². The molecular formula is C19H31N. The molecule has 0 amide bonds. The van der Waals surface area contributed by atoms with Gasteiger partial charge in [-0.3, -0.25) is 0 Å². The van der Waals surface area contributed by atoms with Gasteiger partial charge in [-0.05, 0) is 55.7 Å². The molecule has 2 rings (SSSR count). The van der Waals surface area contributed by atoms with E-state index in [4.69, 9.17) is 0 Å². The fraction of sp³-hybridized carbons (Fsp3) is 0.684. The average molecular weight is 273 g/mol. The Balaban J connectivity index is 2.12. The van der Waals surface area contributed by atoms with Crippen LogP contribution in [0.1, 0.15) is 63.5 Å². The lowest BCUT2D eigenvalue weighted by molar-refractivity contribution is 0.143. The summed E-state index contributed by atoms with van der Waals surface area (Å²) >= 11 is 0. The van der Waals surface area contributed by atoms with Gasteiger partial charge in [-0.1, -0.05) is 57.4 Å². The van der Waals surface area contributed by atoms with Crippen molar-refractivity contribution in [1.29, 1.82) is 0 Å². The van der Waals surface area contributed by atoms with Crippen LogP contribution in [0.15, 0.2) is 24.3 Å². The molecule has 1 N–H and O–H groups in total. The zero-order valence-electron chi connectivity index (χ0n) is 13.5. The van der Waals surface area contributed by atoms with E-state index >= 15 is 0 Å². The van der Waals surface area contributed by atoms with Crippen LogP contribution in [0.25, 0.3) is 0 Å². The summed E-state index contributed by atoms with van der Waals surface area (Å²) in [7, 11) is 0. The summed E-state index contributed by atoms with van der Waals surface area (Å²) in [5, 5.41) is 3.86. The van der Waals surface area contributed by atoms with Gasteiger partial charge in [0.2, 0.25) is 0 Å². The molecule has 0 heterocycles. The van der Waals surface area contributed by atoms with E-state index in [0.717, 1.165) is 6.54 Å². The van der Waals surface area contributed by atoms with Crippen LogP contribution in [0.2, 0.25) is 0 Å². The molecule has 1 heteroatoms. The van der Waals surface area contributed by atoms with Gasteiger partial charge in [0.15, 0.2) is 0 Å². The molecule has 0 spiro atoms. The molecule has 20 heavy (non-hydrogen) atoms.